The molecule has 0 fully saturated rings. The van der Waals surface area contributed by atoms with Crippen molar-refractivity contribution in [3.8, 4) is 10.6 Å². The summed E-state index contributed by atoms with van der Waals surface area (Å²) in [4.78, 5) is 10.3. The number of hydrogen-bond donors (Lipinski definition) is 1. The molecule has 0 aliphatic carbocycles. The average Bonchev–Trinajstić information content (AvgIpc) is 2.94. The van der Waals surface area contributed by atoms with Crippen molar-refractivity contribution in [1.82, 2.24) is 9.97 Å². The van der Waals surface area contributed by atoms with Gasteiger partial charge in [0, 0.05) is 25.5 Å². The van der Waals surface area contributed by atoms with E-state index in [0.717, 1.165) is 34.5 Å². The normalized spacial score (nSPS) is 10.8. The first-order valence-electron chi connectivity index (χ1n) is 5.89. The van der Waals surface area contributed by atoms with Crippen LogP contribution in [0.25, 0.3) is 10.6 Å². The van der Waals surface area contributed by atoms with Crippen molar-refractivity contribution in [2.75, 3.05) is 25.6 Å². The van der Waals surface area contributed by atoms with Gasteiger partial charge in [-0.1, -0.05) is 0 Å². The summed E-state index contributed by atoms with van der Waals surface area (Å²) in [6.45, 7) is 5.72. The number of aromatic nitrogens is 2. The summed E-state index contributed by atoms with van der Waals surface area (Å²) >= 11 is 3.35. The summed E-state index contributed by atoms with van der Waals surface area (Å²) in [6, 6.07) is 0. The van der Waals surface area contributed by atoms with Crippen molar-refractivity contribution in [3.05, 3.63) is 16.1 Å². The number of methoxy groups -OCH3 is 1. The van der Waals surface area contributed by atoms with Crippen molar-refractivity contribution in [3.63, 3.8) is 0 Å². The molecule has 0 saturated carbocycles. The molecule has 2 aromatic heterocycles. The van der Waals surface area contributed by atoms with E-state index >= 15 is 0 Å². The molecule has 2 aromatic rings. The Kier molecular flexibility index (Phi) is 4.68. The SMILES string of the molecule is CCNc1nc(-c2sc(CCOC)nc2C)cs1. The van der Waals surface area contributed by atoms with Crippen LogP contribution in [0.2, 0.25) is 0 Å². The van der Waals surface area contributed by atoms with E-state index in [-0.39, 0.29) is 0 Å². The molecule has 0 bridgehead atoms. The van der Waals surface area contributed by atoms with Gasteiger partial charge in [0.1, 0.15) is 0 Å². The Balaban J connectivity index is 2.18. The van der Waals surface area contributed by atoms with Crippen molar-refractivity contribution < 1.29 is 4.74 Å². The smallest absolute Gasteiger partial charge is 0.183 e. The second-order valence-electron chi connectivity index (χ2n) is 3.83. The molecule has 0 amide bonds. The van der Waals surface area contributed by atoms with Crippen LogP contribution in [-0.4, -0.2) is 30.2 Å². The number of ether oxygens (including phenoxy) is 1. The number of aryl methyl sites for hydroxylation is 1. The zero-order chi connectivity index (χ0) is 13.0. The highest BCUT2D eigenvalue weighted by molar-refractivity contribution is 7.16. The molecule has 0 atom stereocenters. The highest BCUT2D eigenvalue weighted by Crippen LogP contribution is 2.32. The molecule has 0 aliphatic rings. The third kappa shape index (κ3) is 3.07. The van der Waals surface area contributed by atoms with Crippen molar-refractivity contribution >= 4 is 27.8 Å². The topological polar surface area (TPSA) is 47.0 Å². The van der Waals surface area contributed by atoms with Crippen molar-refractivity contribution in [1.29, 1.82) is 0 Å². The predicted octanol–water partition coefficient (Wildman–Crippen LogP) is 3.20. The highest BCUT2D eigenvalue weighted by atomic mass is 32.1. The van der Waals surface area contributed by atoms with E-state index < -0.39 is 0 Å². The largest absolute Gasteiger partial charge is 0.384 e. The van der Waals surface area contributed by atoms with Crippen LogP contribution in [0.4, 0.5) is 5.13 Å². The Morgan fingerprint density at radius 2 is 2.22 bits per heavy atom. The third-order valence-corrected chi connectivity index (χ3v) is 4.47. The minimum absolute atomic E-state index is 0.714. The second-order valence-corrected chi connectivity index (χ2v) is 5.77. The molecule has 6 heteroatoms. The van der Waals surface area contributed by atoms with E-state index in [9.17, 15) is 0 Å². The first kappa shape index (κ1) is 13.5. The maximum atomic E-state index is 5.08. The molecule has 98 valence electrons. The van der Waals surface area contributed by atoms with E-state index in [1.165, 1.54) is 4.88 Å². The minimum Gasteiger partial charge on any atom is -0.384 e. The minimum atomic E-state index is 0.714. The van der Waals surface area contributed by atoms with Gasteiger partial charge in [-0.05, 0) is 13.8 Å². The number of nitrogens with zero attached hydrogens (tertiary/aromatic N) is 2. The molecule has 0 radical (unpaired) electrons. The van der Waals surface area contributed by atoms with Crippen molar-refractivity contribution in [2.24, 2.45) is 0 Å². The van der Waals surface area contributed by atoms with E-state index in [1.807, 2.05) is 6.92 Å². The average molecular weight is 283 g/mol. The predicted molar refractivity (Wildman–Crippen MR) is 77.7 cm³/mol. The fourth-order valence-electron chi connectivity index (χ4n) is 1.60. The number of thiazole rings is 2. The van der Waals surface area contributed by atoms with Crippen LogP contribution in [0.1, 0.15) is 17.6 Å². The zero-order valence-corrected chi connectivity index (χ0v) is 12.5. The molecule has 18 heavy (non-hydrogen) atoms. The van der Waals surface area contributed by atoms with E-state index in [0.29, 0.717) is 6.61 Å². The molecule has 0 unspecified atom stereocenters. The van der Waals surface area contributed by atoms with Gasteiger partial charge in [-0.15, -0.1) is 22.7 Å². The van der Waals surface area contributed by atoms with Gasteiger partial charge in [-0.3, -0.25) is 0 Å². The van der Waals surface area contributed by atoms with Crippen LogP contribution in [0.3, 0.4) is 0 Å². The summed E-state index contributed by atoms with van der Waals surface area (Å²) in [7, 11) is 1.71. The van der Waals surface area contributed by atoms with Gasteiger partial charge in [-0.25, -0.2) is 9.97 Å². The Morgan fingerprint density at radius 1 is 1.39 bits per heavy atom. The summed E-state index contributed by atoms with van der Waals surface area (Å²) in [5.74, 6) is 0. The monoisotopic (exact) mass is 283 g/mol. The fraction of sp³-hybridized carbons (Fsp3) is 0.500. The molecule has 0 aromatic carbocycles. The Labute approximate surface area is 115 Å². The number of rotatable bonds is 6. The van der Waals surface area contributed by atoms with Gasteiger partial charge in [0.05, 0.1) is 27.9 Å². The quantitative estimate of drug-likeness (QED) is 0.884. The standard InChI is InChI=1S/C12H17N3OS2/c1-4-13-12-15-9(7-17-12)11-8(2)14-10(18-11)5-6-16-3/h7H,4-6H2,1-3H3,(H,13,15). The summed E-state index contributed by atoms with van der Waals surface area (Å²) < 4.78 is 5.08. The zero-order valence-electron chi connectivity index (χ0n) is 10.8. The molecule has 0 saturated heterocycles. The second kappa shape index (κ2) is 6.26. The lowest BCUT2D eigenvalue weighted by Crippen LogP contribution is -1.94. The first-order valence-corrected chi connectivity index (χ1v) is 7.59. The molecule has 4 nitrogen and oxygen atoms in total. The van der Waals surface area contributed by atoms with Crippen LogP contribution in [0, 0.1) is 6.92 Å². The van der Waals surface area contributed by atoms with E-state index in [4.69, 9.17) is 4.74 Å². The van der Waals surface area contributed by atoms with Gasteiger partial charge >= 0.3 is 0 Å². The number of hydrogen-bond acceptors (Lipinski definition) is 6. The van der Waals surface area contributed by atoms with Gasteiger partial charge in [0.15, 0.2) is 5.13 Å². The van der Waals surface area contributed by atoms with Crippen LogP contribution in [-0.2, 0) is 11.2 Å². The summed E-state index contributed by atoms with van der Waals surface area (Å²) in [5, 5.41) is 7.40. The molecular formula is C12H17N3OS2. The number of nitrogens with one attached hydrogen (secondary N) is 1. The molecular weight excluding hydrogens is 266 g/mol. The third-order valence-electron chi connectivity index (χ3n) is 2.43. The summed E-state index contributed by atoms with van der Waals surface area (Å²) in [5.41, 5.74) is 2.08. The lowest BCUT2D eigenvalue weighted by Gasteiger charge is -1.94. The van der Waals surface area contributed by atoms with Gasteiger partial charge in [0.25, 0.3) is 0 Å². The number of anilines is 1. The van der Waals surface area contributed by atoms with Crippen LogP contribution in [0.5, 0.6) is 0 Å². The van der Waals surface area contributed by atoms with Crippen LogP contribution < -0.4 is 5.32 Å². The Bertz CT molecular complexity index is 507. The van der Waals surface area contributed by atoms with E-state index in [1.54, 1.807) is 29.8 Å². The molecule has 1 N–H and O–H groups in total. The molecule has 2 rings (SSSR count). The van der Waals surface area contributed by atoms with Crippen molar-refractivity contribution in [2.45, 2.75) is 20.3 Å². The first-order chi connectivity index (χ1) is 8.74. The fourth-order valence-corrected chi connectivity index (χ4v) is 3.45. The lowest BCUT2D eigenvalue weighted by molar-refractivity contribution is 0.202. The van der Waals surface area contributed by atoms with Gasteiger partial charge < -0.3 is 10.1 Å². The van der Waals surface area contributed by atoms with Crippen LogP contribution >= 0.6 is 22.7 Å². The Morgan fingerprint density at radius 3 is 2.94 bits per heavy atom. The van der Waals surface area contributed by atoms with Crippen LogP contribution in [0.15, 0.2) is 5.38 Å². The maximum absolute atomic E-state index is 5.08. The van der Waals surface area contributed by atoms with E-state index in [2.05, 4.69) is 27.6 Å². The summed E-state index contributed by atoms with van der Waals surface area (Å²) in [6.07, 6.45) is 0.867. The molecule has 0 spiro atoms. The Hall–Kier alpha value is -0.980. The lowest BCUT2D eigenvalue weighted by atomic mass is 10.3. The molecule has 2 heterocycles. The maximum Gasteiger partial charge on any atom is 0.183 e. The highest BCUT2D eigenvalue weighted by Gasteiger charge is 2.12. The van der Waals surface area contributed by atoms with Gasteiger partial charge in [-0.2, -0.15) is 0 Å². The van der Waals surface area contributed by atoms with Gasteiger partial charge in [0.2, 0.25) is 0 Å². The molecule has 0 aliphatic heterocycles.